The Labute approximate surface area is 110 Å². The number of carboxylic acids is 1. The number of benzene rings is 1. The van der Waals surface area contributed by atoms with Gasteiger partial charge in [0, 0.05) is 11.3 Å². The molecule has 0 aliphatic rings. The number of carbonyl (C=O) groups excluding carboxylic acids is 2. The fourth-order valence-electron chi connectivity index (χ4n) is 1.28. The summed E-state index contributed by atoms with van der Waals surface area (Å²) in [6, 6.07) is 6.46. The number of rotatable bonds is 6. The van der Waals surface area contributed by atoms with Crippen LogP contribution in [0.4, 0.5) is 5.69 Å². The molecule has 0 heterocycles. The number of anilines is 1. The first-order chi connectivity index (χ1) is 8.90. The normalized spacial score (nSPS) is 11.7. The zero-order chi connectivity index (χ0) is 14.4. The van der Waals surface area contributed by atoms with Gasteiger partial charge in [0.2, 0.25) is 5.91 Å². The Kier molecular flexibility index (Phi) is 5.20. The highest BCUT2D eigenvalue weighted by Crippen LogP contribution is 2.11. The van der Waals surface area contributed by atoms with Crippen LogP contribution in [0.5, 0.6) is 0 Å². The van der Waals surface area contributed by atoms with Gasteiger partial charge < -0.3 is 15.2 Å². The van der Waals surface area contributed by atoms with E-state index in [1.807, 2.05) is 0 Å². The van der Waals surface area contributed by atoms with Gasteiger partial charge in [-0.05, 0) is 26.0 Å². The number of hydrogen-bond acceptors (Lipinski definition) is 4. The summed E-state index contributed by atoms with van der Waals surface area (Å²) in [4.78, 5) is 33.2. The maximum atomic E-state index is 11.5. The minimum Gasteiger partial charge on any atom is -0.479 e. The first-order valence-corrected chi connectivity index (χ1v) is 5.65. The van der Waals surface area contributed by atoms with Gasteiger partial charge in [-0.3, -0.25) is 9.59 Å². The highest BCUT2D eigenvalue weighted by molar-refractivity contribution is 5.97. The van der Waals surface area contributed by atoms with E-state index in [0.29, 0.717) is 11.3 Å². The SMILES string of the molecule is CC(=O)c1cccc(NC(=O)CO[C@H](C)C(=O)O)c1. The maximum Gasteiger partial charge on any atom is 0.332 e. The molecule has 0 saturated carbocycles. The molecule has 6 heteroatoms. The third kappa shape index (κ3) is 4.89. The van der Waals surface area contributed by atoms with Crippen LogP contribution >= 0.6 is 0 Å². The number of ketones is 1. The second kappa shape index (κ2) is 6.65. The predicted octanol–water partition coefficient (Wildman–Crippen LogP) is 1.32. The predicted molar refractivity (Wildman–Crippen MR) is 68.1 cm³/mol. The van der Waals surface area contributed by atoms with Crippen molar-refractivity contribution in [3.63, 3.8) is 0 Å². The van der Waals surface area contributed by atoms with E-state index in [0.717, 1.165) is 0 Å². The first-order valence-electron chi connectivity index (χ1n) is 5.65. The fraction of sp³-hybridized carbons (Fsp3) is 0.308. The molecule has 0 spiro atoms. The second-order valence-electron chi connectivity index (χ2n) is 3.98. The van der Waals surface area contributed by atoms with Crippen molar-refractivity contribution < 1.29 is 24.2 Å². The number of ether oxygens (including phenoxy) is 1. The monoisotopic (exact) mass is 265 g/mol. The molecule has 0 aliphatic heterocycles. The molecule has 0 bridgehead atoms. The molecule has 1 aromatic carbocycles. The van der Waals surface area contributed by atoms with Crippen molar-refractivity contribution in [2.75, 3.05) is 11.9 Å². The van der Waals surface area contributed by atoms with Crippen molar-refractivity contribution in [2.45, 2.75) is 20.0 Å². The molecule has 1 atom stereocenters. The molecule has 0 radical (unpaired) electrons. The molecular formula is C13H15NO5. The Hall–Kier alpha value is -2.21. The molecule has 102 valence electrons. The van der Waals surface area contributed by atoms with Crippen LogP contribution in [0.2, 0.25) is 0 Å². The van der Waals surface area contributed by atoms with E-state index < -0.39 is 18.0 Å². The molecule has 0 aliphatic carbocycles. The highest BCUT2D eigenvalue weighted by Gasteiger charge is 2.13. The zero-order valence-electron chi connectivity index (χ0n) is 10.7. The summed E-state index contributed by atoms with van der Waals surface area (Å²) in [5, 5.41) is 11.1. The number of Topliss-reactive ketones (excluding diaryl/α,β-unsaturated/α-hetero) is 1. The van der Waals surface area contributed by atoms with Crippen LogP contribution in [-0.4, -0.2) is 35.5 Å². The fourth-order valence-corrected chi connectivity index (χ4v) is 1.28. The van der Waals surface area contributed by atoms with Gasteiger partial charge in [0.25, 0.3) is 0 Å². The van der Waals surface area contributed by atoms with E-state index in [2.05, 4.69) is 5.32 Å². The van der Waals surface area contributed by atoms with E-state index in [1.54, 1.807) is 24.3 Å². The van der Waals surface area contributed by atoms with E-state index >= 15 is 0 Å². The molecule has 1 aromatic rings. The van der Waals surface area contributed by atoms with Crippen LogP contribution in [0, 0.1) is 0 Å². The Balaban J connectivity index is 2.55. The molecule has 1 amide bonds. The molecule has 0 saturated heterocycles. The molecule has 0 fully saturated rings. The highest BCUT2D eigenvalue weighted by atomic mass is 16.5. The van der Waals surface area contributed by atoms with E-state index in [4.69, 9.17) is 9.84 Å². The van der Waals surface area contributed by atoms with Crippen molar-refractivity contribution in [2.24, 2.45) is 0 Å². The summed E-state index contributed by atoms with van der Waals surface area (Å²) >= 11 is 0. The number of carboxylic acid groups (broad SMARTS) is 1. The average molecular weight is 265 g/mol. The minimum atomic E-state index is -1.13. The van der Waals surface area contributed by atoms with E-state index in [9.17, 15) is 14.4 Å². The summed E-state index contributed by atoms with van der Waals surface area (Å²) in [5.41, 5.74) is 0.946. The molecule has 6 nitrogen and oxygen atoms in total. The van der Waals surface area contributed by atoms with Crippen LogP contribution in [0.1, 0.15) is 24.2 Å². The van der Waals surface area contributed by atoms with Crippen molar-refractivity contribution in [1.29, 1.82) is 0 Å². The smallest absolute Gasteiger partial charge is 0.332 e. The number of aliphatic carboxylic acids is 1. The lowest BCUT2D eigenvalue weighted by molar-refractivity contribution is -0.150. The number of carbonyl (C=O) groups is 3. The Morgan fingerprint density at radius 1 is 1.37 bits per heavy atom. The minimum absolute atomic E-state index is 0.105. The van der Waals surface area contributed by atoms with Crippen molar-refractivity contribution >= 4 is 23.3 Å². The van der Waals surface area contributed by atoms with Crippen LogP contribution in [0.3, 0.4) is 0 Å². The van der Waals surface area contributed by atoms with Crippen LogP contribution in [0.15, 0.2) is 24.3 Å². The lowest BCUT2D eigenvalue weighted by atomic mass is 10.1. The Morgan fingerprint density at radius 3 is 2.63 bits per heavy atom. The van der Waals surface area contributed by atoms with Crippen LogP contribution < -0.4 is 5.32 Å². The van der Waals surface area contributed by atoms with Gasteiger partial charge in [0.15, 0.2) is 11.9 Å². The molecule has 1 rings (SSSR count). The van der Waals surface area contributed by atoms with Crippen molar-refractivity contribution in [3.8, 4) is 0 Å². The number of hydrogen-bond donors (Lipinski definition) is 2. The summed E-state index contributed by atoms with van der Waals surface area (Å²) < 4.78 is 4.84. The van der Waals surface area contributed by atoms with Gasteiger partial charge in [0.1, 0.15) is 6.61 Å². The molecular weight excluding hydrogens is 250 g/mol. The largest absolute Gasteiger partial charge is 0.479 e. The molecule has 0 unspecified atom stereocenters. The molecule has 0 aromatic heterocycles. The van der Waals surface area contributed by atoms with Gasteiger partial charge in [-0.1, -0.05) is 12.1 Å². The van der Waals surface area contributed by atoms with Gasteiger partial charge in [-0.25, -0.2) is 4.79 Å². The maximum absolute atomic E-state index is 11.5. The third-order valence-electron chi connectivity index (χ3n) is 2.37. The van der Waals surface area contributed by atoms with Gasteiger partial charge >= 0.3 is 5.97 Å². The number of amides is 1. The lowest BCUT2D eigenvalue weighted by Crippen LogP contribution is -2.26. The standard InChI is InChI=1S/C13H15NO5/c1-8(15)10-4-3-5-11(6-10)14-12(16)7-19-9(2)13(17)18/h3-6,9H,7H2,1-2H3,(H,14,16)(H,17,18)/t9-/m1/s1. The quantitative estimate of drug-likeness (QED) is 0.757. The summed E-state index contributed by atoms with van der Waals surface area (Å²) in [5.74, 6) is -1.72. The van der Waals surface area contributed by atoms with Gasteiger partial charge in [-0.2, -0.15) is 0 Å². The molecule has 2 N–H and O–H groups in total. The topological polar surface area (TPSA) is 92.7 Å². The van der Waals surface area contributed by atoms with Gasteiger partial charge in [0.05, 0.1) is 0 Å². The second-order valence-corrected chi connectivity index (χ2v) is 3.98. The lowest BCUT2D eigenvalue weighted by Gasteiger charge is -2.09. The summed E-state index contributed by atoms with van der Waals surface area (Å²) in [6.07, 6.45) is -1.05. The summed E-state index contributed by atoms with van der Waals surface area (Å²) in [6.45, 7) is 2.41. The van der Waals surface area contributed by atoms with Crippen molar-refractivity contribution in [1.82, 2.24) is 0 Å². The van der Waals surface area contributed by atoms with E-state index in [1.165, 1.54) is 13.8 Å². The molecule has 19 heavy (non-hydrogen) atoms. The Bertz CT molecular complexity index is 498. The van der Waals surface area contributed by atoms with E-state index in [-0.39, 0.29) is 12.4 Å². The first kappa shape index (κ1) is 14.8. The average Bonchev–Trinajstić information content (AvgIpc) is 2.36. The van der Waals surface area contributed by atoms with Gasteiger partial charge in [-0.15, -0.1) is 0 Å². The Morgan fingerprint density at radius 2 is 2.05 bits per heavy atom. The summed E-state index contributed by atoms with van der Waals surface area (Å²) in [7, 11) is 0. The number of nitrogens with one attached hydrogen (secondary N) is 1. The van der Waals surface area contributed by atoms with Crippen LogP contribution in [0.25, 0.3) is 0 Å². The van der Waals surface area contributed by atoms with Crippen molar-refractivity contribution in [3.05, 3.63) is 29.8 Å². The zero-order valence-corrected chi connectivity index (χ0v) is 10.7. The third-order valence-corrected chi connectivity index (χ3v) is 2.37. The van der Waals surface area contributed by atoms with Crippen LogP contribution in [-0.2, 0) is 14.3 Å².